The number of likely N-dealkylation sites (tertiary alicyclic amines) is 1. The van der Waals surface area contributed by atoms with Crippen molar-refractivity contribution in [2.75, 3.05) is 18.8 Å². The molecule has 2 aromatic heterocycles. The lowest BCUT2D eigenvalue weighted by Gasteiger charge is -2.30. The number of aromatic nitrogens is 4. The van der Waals surface area contributed by atoms with Gasteiger partial charge in [0, 0.05) is 49.4 Å². The number of aromatic amines is 2. The summed E-state index contributed by atoms with van der Waals surface area (Å²) in [5.74, 6) is 3.01. The van der Waals surface area contributed by atoms with Gasteiger partial charge in [-0.2, -0.15) is 0 Å². The molecule has 0 unspecified atom stereocenters. The Morgan fingerprint density at radius 1 is 1.03 bits per heavy atom. The molecule has 152 valence electrons. The van der Waals surface area contributed by atoms with Crippen molar-refractivity contribution >= 4 is 29.6 Å². The number of H-pyrrole nitrogens is 2. The van der Waals surface area contributed by atoms with Crippen LogP contribution in [0.2, 0.25) is 0 Å². The largest absolute Gasteiger partial charge is 0.415 e. The average molecular weight is 430 g/mol. The quantitative estimate of drug-likeness (QED) is 0.541. The average Bonchev–Trinajstić information content (AvgIpc) is 3.46. The fourth-order valence-corrected chi connectivity index (χ4v) is 4.91. The standard InChI is InChI=1S/C20H23N5O2S2/c26-20(25-11-5-16(6-12-25)14-29-19-23-9-10-24-19)27-17-3-1-15(2-4-17)13-28-18-21-7-8-22-18/h1-4,7-10,16H,5-6,11-14H2,(H,21,22)(H,23,24). The lowest BCUT2D eigenvalue weighted by molar-refractivity contribution is 0.134. The molecule has 1 aliphatic rings. The van der Waals surface area contributed by atoms with E-state index in [1.165, 1.54) is 0 Å². The number of hydrogen-bond donors (Lipinski definition) is 2. The molecule has 0 atom stereocenters. The van der Waals surface area contributed by atoms with Crippen LogP contribution < -0.4 is 4.74 Å². The minimum absolute atomic E-state index is 0.264. The number of thioether (sulfide) groups is 2. The Kier molecular flexibility index (Phi) is 6.79. The van der Waals surface area contributed by atoms with E-state index in [4.69, 9.17) is 4.74 Å². The van der Waals surface area contributed by atoms with Crippen molar-refractivity contribution in [3.05, 3.63) is 54.6 Å². The molecule has 2 N–H and O–H groups in total. The molecule has 0 aliphatic carbocycles. The second-order valence-electron chi connectivity index (χ2n) is 6.83. The number of benzene rings is 1. The van der Waals surface area contributed by atoms with Crippen molar-refractivity contribution in [1.29, 1.82) is 0 Å². The van der Waals surface area contributed by atoms with Gasteiger partial charge in [-0.1, -0.05) is 35.7 Å². The van der Waals surface area contributed by atoms with Gasteiger partial charge in [0.1, 0.15) is 5.75 Å². The SMILES string of the molecule is O=C(Oc1ccc(CSc2ncc[nH]2)cc1)N1CCC(CSc2ncc[nH]2)CC1. The van der Waals surface area contributed by atoms with Crippen LogP contribution in [0.4, 0.5) is 4.79 Å². The number of carbonyl (C=O) groups is 1. The van der Waals surface area contributed by atoms with E-state index < -0.39 is 0 Å². The van der Waals surface area contributed by atoms with Crippen LogP contribution in [0.25, 0.3) is 0 Å². The first-order valence-electron chi connectivity index (χ1n) is 9.56. The lowest BCUT2D eigenvalue weighted by Crippen LogP contribution is -2.40. The van der Waals surface area contributed by atoms with Crippen molar-refractivity contribution in [3.8, 4) is 5.75 Å². The molecule has 3 heterocycles. The number of hydrogen-bond acceptors (Lipinski definition) is 6. The zero-order chi connectivity index (χ0) is 19.9. The Morgan fingerprint density at radius 3 is 2.31 bits per heavy atom. The maximum absolute atomic E-state index is 12.5. The summed E-state index contributed by atoms with van der Waals surface area (Å²) in [6.07, 6.45) is 8.88. The fourth-order valence-electron chi connectivity index (χ4n) is 3.11. The second kappa shape index (κ2) is 9.89. The molecule has 1 aromatic carbocycles. The zero-order valence-electron chi connectivity index (χ0n) is 15.9. The van der Waals surface area contributed by atoms with Crippen LogP contribution in [0, 0.1) is 5.92 Å². The molecular formula is C20H23N5O2S2. The number of amides is 1. The van der Waals surface area contributed by atoms with Gasteiger partial charge in [0.2, 0.25) is 0 Å². The molecule has 29 heavy (non-hydrogen) atoms. The van der Waals surface area contributed by atoms with Gasteiger partial charge in [0.25, 0.3) is 0 Å². The number of nitrogens with zero attached hydrogens (tertiary/aromatic N) is 3. The van der Waals surface area contributed by atoms with E-state index in [-0.39, 0.29) is 6.09 Å². The Bertz CT molecular complexity index is 876. The van der Waals surface area contributed by atoms with Gasteiger partial charge < -0.3 is 19.6 Å². The fraction of sp³-hybridized carbons (Fsp3) is 0.350. The molecule has 1 amide bonds. The molecule has 0 saturated carbocycles. The van der Waals surface area contributed by atoms with E-state index in [1.54, 1.807) is 40.8 Å². The summed E-state index contributed by atoms with van der Waals surface area (Å²) < 4.78 is 5.55. The maximum atomic E-state index is 12.5. The molecule has 0 bridgehead atoms. The van der Waals surface area contributed by atoms with E-state index in [0.29, 0.717) is 11.7 Å². The first-order valence-corrected chi connectivity index (χ1v) is 11.5. The summed E-state index contributed by atoms with van der Waals surface area (Å²) in [6.45, 7) is 1.47. The van der Waals surface area contributed by atoms with Crippen molar-refractivity contribution in [3.63, 3.8) is 0 Å². The molecule has 9 heteroatoms. The van der Waals surface area contributed by atoms with Gasteiger partial charge in [-0.3, -0.25) is 0 Å². The highest BCUT2D eigenvalue weighted by Crippen LogP contribution is 2.25. The minimum Gasteiger partial charge on any atom is -0.410 e. The minimum atomic E-state index is -0.264. The summed E-state index contributed by atoms with van der Waals surface area (Å²) >= 11 is 3.38. The predicted octanol–water partition coefficient (Wildman–Crippen LogP) is 4.43. The molecule has 1 aliphatic heterocycles. The highest BCUT2D eigenvalue weighted by atomic mass is 32.2. The zero-order valence-corrected chi connectivity index (χ0v) is 17.5. The summed E-state index contributed by atoms with van der Waals surface area (Å²) in [6, 6.07) is 7.67. The van der Waals surface area contributed by atoms with Crippen LogP contribution in [-0.2, 0) is 5.75 Å². The summed E-state index contributed by atoms with van der Waals surface area (Å²) in [5, 5.41) is 1.85. The third kappa shape index (κ3) is 5.80. The third-order valence-corrected chi connectivity index (χ3v) is 6.89. The van der Waals surface area contributed by atoms with E-state index >= 15 is 0 Å². The molecule has 1 fully saturated rings. The molecule has 4 rings (SSSR count). The number of piperidine rings is 1. The normalized spacial score (nSPS) is 14.8. The molecule has 0 radical (unpaired) electrons. The van der Waals surface area contributed by atoms with Gasteiger partial charge >= 0.3 is 6.09 Å². The van der Waals surface area contributed by atoms with Crippen LogP contribution in [0.5, 0.6) is 5.75 Å². The monoisotopic (exact) mass is 429 g/mol. The lowest BCUT2D eigenvalue weighted by atomic mass is 9.99. The van der Waals surface area contributed by atoms with Gasteiger partial charge in [0.15, 0.2) is 10.3 Å². The molecular weight excluding hydrogens is 406 g/mol. The van der Waals surface area contributed by atoms with Crippen LogP contribution in [0.3, 0.4) is 0 Å². The smallest absolute Gasteiger partial charge is 0.410 e. The first-order chi connectivity index (χ1) is 14.3. The Hall–Kier alpha value is -2.39. The number of imidazole rings is 2. The number of nitrogens with one attached hydrogen (secondary N) is 2. The summed E-state index contributed by atoms with van der Waals surface area (Å²) in [7, 11) is 0. The van der Waals surface area contributed by atoms with Crippen LogP contribution >= 0.6 is 23.5 Å². The van der Waals surface area contributed by atoms with Gasteiger partial charge in [-0.05, 0) is 36.5 Å². The third-order valence-electron chi connectivity index (χ3n) is 4.78. The van der Waals surface area contributed by atoms with Crippen LogP contribution in [0.1, 0.15) is 18.4 Å². The highest BCUT2D eigenvalue weighted by Gasteiger charge is 2.24. The van der Waals surface area contributed by atoms with Crippen molar-refractivity contribution < 1.29 is 9.53 Å². The topological polar surface area (TPSA) is 86.9 Å². The van der Waals surface area contributed by atoms with Crippen LogP contribution in [0.15, 0.2) is 59.4 Å². The van der Waals surface area contributed by atoms with E-state index in [1.807, 2.05) is 36.7 Å². The predicted molar refractivity (Wildman–Crippen MR) is 114 cm³/mol. The van der Waals surface area contributed by atoms with E-state index in [0.717, 1.165) is 53.3 Å². The highest BCUT2D eigenvalue weighted by molar-refractivity contribution is 7.99. The summed E-state index contributed by atoms with van der Waals surface area (Å²) in [4.78, 5) is 28.9. The first kappa shape index (κ1) is 19.9. The number of ether oxygens (including phenoxy) is 1. The Balaban J connectivity index is 1.19. The van der Waals surface area contributed by atoms with E-state index in [9.17, 15) is 4.79 Å². The van der Waals surface area contributed by atoms with Crippen molar-refractivity contribution in [1.82, 2.24) is 24.8 Å². The van der Waals surface area contributed by atoms with Crippen LogP contribution in [-0.4, -0.2) is 49.8 Å². The van der Waals surface area contributed by atoms with Crippen molar-refractivity contribution in [2.24, 2.45) is 5.92 Å². The number of carbonyl (C=O) groups excluding carboxylic acids is 1. The van der Waals surface area contributed by atoms with Crippen molar-refractivity contribution in [2.45, 2.75) is 28.9 Å². The molecule has 3 aromatic rings. The molecule has 0 spiro atoms. The molecule has 7 nitrogen and oxygen atoms in total. The Morgan fingerprint density at radius 2 is 1.69 bits per heavy atom. The van der Waals surface area contributed by atoms with Gasteiger partial charge in [0.05, 0.1) is 0 Å². The van der Waals surface area contributed by atoms with Gasteiger partial charge in [-0.15, -0.1) is 0 Å². The van der Waals surface area contributed by atoms with Gasteiger partial charge in [-0.25, -0.2) is 14.8 Å². The summed E-state index contributed by atoms with van der Waals surface area (Å²) in [5.41, 5.74) is 1.15. The van der Waals surface area contributed by atoms with E-state index in [2.05, 4.69) is 19.9 Å². The molecule has 1 saturated heterocycles. The maximum Gasteiger partial charge on any atom is 0.415 e. The Labute approximate surface area is 178 Å². The second-order valence-corrected chi connectivity index (χ2v) is 8.80. The number of rotatable bonds is 7.